The smallest absolute Gasteiger partial charge is 0.0953 e. The second-order valence-electron chi connectivity index (χ2n) is 4.17. The molecule has 0 aliphatic heterocycles. The first kappa shape index (κ1) is 9.99. The van der Waals surface area contributed by atoms with Crippen LogP contribution in [0.15, 0.2) is 23.4 Å². The highest BCUT2D eigenvalue weighted by atomic mass is 32.1. The van der Waals surface area contributed by atoms with Crippen LogP contribution < -0.4 is 5.32 Å². The fourth-order valence-corrected chi connectivity index (χ4v) is 2.17. The summed E-state index contributed by atoms with van der Waals surface area (Å²) in [6, 6.07) is 0.740. The van der Waals surface area contributed by atoms with Gasteiger partial charge in [-0.15, -0.1) is 11.3 Å². The third kappa shape index (κ3) is 2.48. The third-order valence-electron chi connectivity index (χ3n) is 2.66. The normalized spacial score (nSPS) is 15.5. The molecular formula is C11H14N4S. The summed E-state index contributed by atoms with van der Waals surface area (Å²) in [6.45, 7) is 1.70. The van der Waals surface area contributed by atoms with Crippen molar-refractivity contribution in [1.82, 2.24) is 19.9 Å². The van der Waals surface area contributed by atoms with Crippen molar-refractivity contribution in [2.75, 3.05) is 0 Å². The zero-order valence-corrected chi connectivity index (χ0v) is 9.78. The van der Waals surface area contributed by atoms with E-state index >= 15 is 0 Å². The number of hydrogen-bond acceptors (Lipinski definition) is 4. The number of imidazole rings is 1. The van der Waals surface area contributed by atoms with Crippen LogP contribution in [-0.4, -0.2) is 20.6 Å². The Balaban J connectivity index is 1.58. The molecule has 16 heavy (non-hydrogen) atoms. The van der Waals surface area contributed by atoms with Crippen LogP contribution in [0.25, 0.3) is 0 Å². The second-order valence-corrected chi connectivity index (χ2v) is 4.89. The lowest BCUT2D eigenvalue weighted by Gasteiger charge is -1.98. The molecule has 0 spiro atoms. The fraction of sp³-hybridized carbons (Fsp3) is 0.455. The summed E-state index contributed by atoms with van der Waals surface area (Å²) in [5.74, 6) is 0. The molecule has 1 aliphatic rings. The minimum atomic E-state index is 0.740. The van der Waals surface area contributed by atoms with Gasteiger partial charge < -0.3 is 9.88 Å². The molecule has 1 N–H and O–H groups in total. The molecule has 0 amide bonds. The summed E-state index contributed by atoms with van der Waals surface area (Å²) in [7, 11) is 0. The van der Waals surface area contributed by atoms with Gasteiger partial charge in [0.1, 0.15) is 0 Å². The van der Waals surface area contributed by atoms with Gasteiger partial charge in [0.15, 0.2) is 0 Å². The van der Waals surface area contributed by atoms with Crippen LogP contribution in [0.2, 0.25) is 0 Å². The number of aromatic nitrogens is 3. The Hall–Kier alpha value is -1.20. The molecule has 2 aromatic rings. The van der Waals surface area contributed by atoms with E-state index in [9.17, 15) is 0 Å². The topological polar surface area (TPSA) is 42.7 Å². The van der Waals surface area contributed by atoms with Gasteiger partial charge >= 0.3 is 0 Å². The van der Waals surface area contributed by atoms with Gasteiger partial charge in [-0.3, -0.25) is 0 Å². The average Bonchev–Trinajstić information content (AvgIpc) is 2.78. The number of nitrogens with one attached hydrogen (secondary N) is 1. The standard InChI is InChI=1S/C11H14N4S/c1-2-9(1)12-3-10-4-15(7-13-10)5-11-6-16-8-14-11/h4,6-9,12H,1-3,5H2. The second kappa shape index (κ2) is 4.35. The molecule has 0 bridgehead atoms. The third-order valence-corrected chi connectivity index (χ3v) is 3.30. The molecule has 0 aromatic carbocycles. The molecule has 1 fully saturated rings. The van der Waals surface area contributed by atoms with Gasteiger partial charge in [-0.1, -0.05) is 0 Å². The van der Waals surface area contributed by atoms with Crippen LogP contribution in [0, 0.1) is 0 Å². The molecule has 0 atom stereocenters. The van der Waals surface area contributed by atoms with E-state index in [-0.39, 0.29) is 0 Å². The van der Waals surface area contributed by atoms with Crippen molar-refractivity contribution in [3.8, 4) is 0 Å². The van der Waals surface area contributed by atoms with E-state index in [1.807, 2.05) is 11.8 Å². The maximum Gasteiger partial charge on any atom is 0.0953 e. The Morgan fingerprint density at radius 1 is 1.38 bits per heavy atom. The van der Waals surface area contributed by atoms with E-state index in [2.05, 4.69) is 31.4 Å². The summed E-state index contributed by atoms with van der Waals surface area (Å²) in [4.78, 5) is 8.63. The largest absolute Gasteiger partial charge is 0.331 e. The Morgan fingerprint density at radius 2 is 2.31 bits per heavy atom. The molecule has 1 aliphatic carbocycles. The van der Waals surface area contributed by atoms with E-state index < -0.39 is 0 Å². The molecule has 5 heteroatoms. The van der Waals surface area contributed by atoms with E-state index in [4.69, 9.17) is 0 Å². The molecule has 0 saturated heterocycles. The minimum Gasteiger partial charge on any atom is -0.331 e. The van der Waals surface area contributed by atoms with Crippen molar-refractivity contribution in [3.05, 3.63) is 34.8 Å². The quantitative estimate of drug-likeness (QED) is 0.855. The molecule has 0 unspecified atom stereocenters. The maximum absolute atomic E-state index is 4.37. The van der Waals surface area contributed by atoms with E-state index in [0.29, 0.717) is 0 Å². The van der Waals surface area contributed by atoms with Gasteiger partial charge in [0.2, 0.25) is 0 Å². The van der Waals surface area contributed by atoms with Crippen LogP contribution in [0.1, 0.15) is 24.2 Å². The molecule has 2 aromatic heterocycles. The SMILES string of the molecule is c1nc(Cn2cnc(CNC3CC3)c2)cs1. The van der Waals surface area contributed by atoms with Crippen LogP contribution in [0.3, 0.4) is 0 Å². The highest BCUT2D eigenvalue weighted by molar-refractivity contribution is 7.07. The van der Waals surface area contributed by atoms with E-state index in [1.165, 1.54) is 12.8 Å². The Kier molecular flexibility index (Phi) is 2.71. The van der Waals surface area contributed by atoms with Crippen molar-refractivity contribution < 1.29 is 0 Å². The summed E-state index contributed by atoms with van der Waals surface area (Å²) >= 11 is 1.63. The maximum atomic E-state index is 4.37. The number of nitrogens with zero attached hydrogens (tertiary/aromatic N) is 3. The Labute approximate surface area is 98.4 Å². The molecular weight excluding hydrogens is 220 g/mol. The first-order valence-electron chi connectivity index (χ1n) is 5.51. The van der Waals surface area contributed by atoms with Gasteiger partial charge in [0, 0.05) is 24.2 Å². The lowest BCUT2D eigenvalue weighted by atomic mass is 10.4. The summed E-state index contributed by atoms with van der Waals surface area (Å²) in [5, 5.41) is 5.53. The zero-order valence-electron chi connectivity index (χ0n) is 8.97. The lowest BCUT2D eigenvalue weighted by Crippen LogP contribution is -2.15. The monoisotopic (exact) mass is 234 g/mol. The van der Waals surface area contributed by atoms with Crippen molar-refractivity contribution in [2.45, 2.75) is 32.0 Å². The lowest BCUT2D eigenvalue weighted by molar-refractivity contribution is 0.675. The highest BCUT2D eigenvalue weighted by Gasteiger charge is 2.20. The molecule has 2 heterocycles. The van der Waals surface area contributed by atoms with Crippen molar-refractivity contribution >= 4 is 11.3 Å². The number of rotatable bonds is 5. The molecule has 4 nitrogen and oxygen atoms in total. The minimum absolute atomic E-state index is 0.740. The van der Waals surface area contributed by atoms with Crippen LogP contribution in [0.5, 0.6) is 0 Å². The van der Waals surface area contributed by atoms with Gasteiger partial charge in [-0.05, 0) is 12.8 Å². The van der Waals surface area contributed by atoms with Crippen LogP contribution in [-0.2, 0) is 13.1 Å². The van der Waals surface area contributed by atoms with E-state index in [1.54, 1.807) is 11.3 Å². The zero-order chi connectivity index (χ0) is 10.8. The van der Waals surface area contributed by atoms with Crippen molar-refractivity contribution in [3.63, 3.8) is 0 Å². The predicted octanol–water partition coefficient (Wildman–Crippen LogP) is 1.64. The molecule has 1 saturated carbocycles. The van der Waals surface area contributed by atoms with Crippen molar-refractivity contribution in [1.29, 1.82) is 0 Å². The van der Waals surface area contributed by atoms with Gasteiger partial charge in [0.05, 0.1) is 29.8 Å². The van der Waals surface area contributed by atoms with Gasteiger partial charge in [-0.2, -0.15) is 0 Å². The van der Waals surface area contributed by atoms with Gasteiger partial charge in [0.25, 0.3) is 0 Å². The molecule has 84 valence electrons. The van der Waals surface area contributed by atoms with E-state index in [0.717, 1.165) is 30.5 Å². The summed E-state index contributed by atoms with van der Waals surface area (Å²) in [5.41, 5.74) is 4.08. The highest BCUT2D eigenvalue weighted by Crippen LogP contribution is 2.19. The van der Waals surface area contributed by atoms with Crippen LogP contribution in [0.4, 0.5) is 0 Å². The predicted molar refractivity (Wildman–Crippen MR) is 63.3 cm³/mol. The van der Waals surface area contributed by atoms with Crippen LogP contribution >= 0.6 is 11.3 Å². The number of hydrogen-bond donors (Lipinski definition) is 1. The molecule has 0 radical (unpaired) electrons. The fourth-order valence-electron chi connectivity index (χ4n) is 1.62. The molecule has 3 rings (SSSR count). The Morgan fingerprint density at radius 3 is 3.06 bits per heavy atom. The van der Waals surface area contributed by atoms with Crippen molar-refractivity contribution in [2.24, 2.45) is 0 Å². The average molecular weight is 234 g/mol. The summed E-state index contributed by atoms with van der Waals surface area (Å²) < 4.78 is 2.08. The summed E-state index contributed by atoms with van der Waals surface area (Å²) in [6.07, 6.45) is 6.61. The number of thiazole rings is 1. The Bertz CT molecular complexity index is 444. The first-order valence-corrected chi connectivity index (χ1v) is 6.45. The van der Waals surface area contributed by atoms with Gasteiger partial charge in [-0.25, -0.2) is 9.97 Å². The first-order chi connectivity index (χ1) is 7.90.